The molecule has 1 aromatic heterocycles. The lowest BCUT2D eigenvalue weighted by molar-refractivity contribution is 0.0698. The maximum absolute atomic E-state index is 12.7. The van der Waals surface area contributed by atoms with Crippen molar-refractivity contribution in [1.82, 2.24) is 19.0 Å². The largest absolute Gasteiger partial charge is 0.336 e. The van der Waals surface area contributed by atoms with Gasteiger partial charge in [-0.05, 0) is 18.6 Å². The maximum Gasteiger partial charge on any atom is 0.258 e. The van der Waals surface area contributed by atoms with Crippen LogP contribution in [0.1, 0.15) is 21.6 Å². The molecule has 0 atom stereocenters. The Bertz CT molecular complexity index is 962. The molecule has 0 spiro atoms. The molecule has 1 amide bonds. The number of carbonyl (C=O) groups is 1. The van der Waals surface area contributed by atoms with Crippen molar-refractivity contribution in [3.8, 4) is 0 Å². The summed E-state index contributed by atoms with van der Waals surface area (Å²) >= 11 is 6.17. The molecule has 0 saturated carbocycles. The third kappa shape index (κ3) is 4.23. The van der Waals surface area contributed by atoms with Crippen LogP contribution < -0.4 is 0 Å². The second kappa shape index (κ2) is 7.84. The first-order valence-electron chi connectivity index (χ1n) is 8.51. The lowest BCUT2D eigenvalue weighted by atomic mass is 10.2. The molecule has 0 aliphatic carbocycles. The van der Waals surface area contributed by atoms with Crippen LogP contribution in [-0.2, 0) is 17.1 Å². The number of piperazine rings is 1. The summed E-state index contributed by atoms with van der Waals surface area (Å²) in [4.78, 5) is 14.3. The molecule has 1 saturated heterocycles. The number of aromatic nitrogens is 2. The zero-order valence-corrected chi connectivity index (χ0v) is 16.7. The van der Waals surface area contributed by atoms with Gasteiger partial charge in [0.15, 0.2) is 0 Å². The number of aryl methyl sites for hydroxylation is 2. The predicted octanol–water partition coefficient (Wildman–Crippen LogP) is 2.14. The number of halogens is 1. The number of benzene rings is 1. The topological polar surface area (TPSA) is 75.5 Å². The highest BCUT2D eigenvalue weighted by Crippen LogP contribution is 2.22. The molecule has 144 valence electrons. The van der Waals surface area contributed by atoms with Crippen molar-refractivity contribution < 1.29 is 13.2 Å². The summed E-state index contributed by atoms with van der Waals surface area (Å²) in [6.07, 6.45) is 1.58. The highest BCUT2D eigenvalue weighted by molar-refractivity contribution is 7.92. The second-order valence-electron chi connectivity index (χ2n) is 6.32. The van der Waals surface area contributed by atoms with Gasteiger partial charge in [-0.25, -0.2) is 8.42 Å². The Kier molecular flexibility index (Phi) is 5.69. The van der Waals surface area contributed by atoms with E-state index < -0.39 is 10.0 Å². The van der Waals surface area contributed by atoms with Crippen molar-refractivity contribution in [1.29, 1.82) is 0 Å². The van der Waals surface area contributed by atoms with E-state index in [1.165, 1.54) is 14.4 Å². The van der Waals surface area contributed by atoms with Gasteiger partial charge in [0.1, 0.15) is 5.15 Å². The fraction of sp³-hybridized carbons (Fsp3) is 0.333. The van der Waals surface area contributed by atoms with Crippen molar-refractivity contribution in [3.63, 3.8) is 0 Å². The minimum Gasteiger partial charge on any atom is -0.336 e. The Morgan fingerprint density at radius 2 is 1.78 bits per heavy atom. The van der Waals surface area contributed by atoms with E-state index in [0.717, 1.165) is 5.56 Å². The normalized spacial score (nSPS) is 16.2. The van der Waals surface area contributed by atoms with E-state index in [2.05, 4.69) is 5.10 Å². The van der Waals surface area contributed by atoms with Gasteiger partial charge in [0, 0.05) is 38.6 Å². The van der Waals surface area contributed by atoms with Gasteiger partial charge in [0.25, 0.3) is 5.91 Å². The van der Waals surface area contributed by atoms with Gasteiger partial charge in [-0.15, -0.1) is 0 Å². The molecule has 1 aliphatic heterocycles. The number of rotatable bonds is 4. The monoisotopic (exact) mass is 408 g/mol. The van der Waals surface area contributed by atoms with Crippen LogP contribution in [0.3, 0.4) is 0 Å². The van der Waals surface area contributed by atoms with E-state index in [1.54, 1.807) is 24.9 Å². The molecule has 2 heterocycles. The third-order valence-electron chi connectivity index (χ3n) is 4.48. The van der Waals surface area contributed by atoms with Gasteiger partial charge in [-0.1, -0.05) is 41.9 Å². The van der Waals surface area contributed by atoms with Crippen molar-refractivity contribution in [3.05, 3.63) is 57.7 Å². The molecular weight excluding hydrogens is 388 g/mol. The maximum atomic E-state index is 12.7. The molecule has 0 N–H and O–H groups in total. The predicted molar refractivity (Wildman–Crippen MR) is 105 cm³/mol. The second-order valence-corrected chi connectivity index (χ2v) is 8.50. The Morgan fingerprint density at radius 3 is 2.33 bits per heavy atom. The lowest BCUT2D eigenvalue weighted by Gasteiger charge is -2.33. The van der Waals surface area contributed by atoms with E-state index in [-0.39, 0.29) is 19.0 Å². The molecule has 0 unspecified atom stereocenters. The molecule has 1 fully saturated rings. The van der Waals surface area contributed by atoms with Gasteiger partial charge in [-0.2, -0.15) is 9.40 Å². The lowest BCUT2D eigenvalue weighted by Crippen LogP contribution is -2.50. The van der Waals surface area contributed by atoms with E-state index in [1.807, 2.05) is 30.3 Å². The number of nitrogens with zero attached hydrogens (tertiary/aromatic N) is 4. The van der Waals surface area contributed by atoms with Crippen LogP contribution in [0.5, 0.6) is 0 Å². The molecule has 0 bridgehead atoms. The number of hydrogen-bond acceptors (Lipinski definition) is 4. The number of hydrogen-bond donors (Lipinski definition) is 0. The Morgan fingerprint density at radius 1 is 1.15 bits per heavy atom. The summed E-state index contributed by atoms with van der Waals surface area (Å²) in [6.45, 7) is 2.83. The quantitative estimate of drug-likeness (QED) is 0.776. The third-order valence-corrected chi connectivity index (χ3v) is 6.48. The van der Waals surface area contributed by atoms with Gasteiger partial charge >= 0.3 is 0 Å². The Labute approximate surface area is 163 Å². The number of amides is 1. The number of carbonyl (C=O) groups excluding carboxylic acids is 1. The van der Waals surface area contributed by atoms with Gasteiger partial charge in [-0.3, -0.25) is 9.48 Å². The van der Waals surface area contributed by atoms with Crippen molar-refractivity contribution in [2.24, 2.45) is 7.05 Å². The molecule has 1 aliphatic rings. The highest BCUT2D eigenvalue weighted by Gasteiger charge is 2.30. The zero-order chi connectivity index (χ0) is 19.6. The molecule has 2 aromatic rings. The fourth-order valence-electron chi connectivity index (χ4n) is 2.99. The highest BCUT2D eigenvalue weighted by atomic mass is 35.5. The zero-order valence-electron chi connectivity index (χ0n) is 15.2. The molecular formula is C18H21ClN4O3S. The van der Waals surface area contributed by atoms with Gasteiger partial charge in [0.2, 0.25) is 10.0 Å². The smallest absolute Gasteiger partial charge is 0.258 e. The van der Waals surface area contributed by atoms with Crippen molar-refractivity contribution >= 4 is 33.6 Å². The minimum absolute atomic E-state index is 0.220. The Balaban J connectivity index is 1.66. The summed E-state index contributed by atoms with van der Waals surface area (Å²) in [6, 6.07) is 9.24. The summed E-state index contributed by atoms with van der Waals surface area (Å²) in [5.74, 6) is -0.220. The molecule has 3 rings (SSSR count). The van der Waals surface area contributed by atoms with Crippen molar-refractivity contribution in [2.75, 3.05) is 26.2 Å². The first kappa shape index (κ1) is 19.6. The SMILES string of the molecule is Cc1nn(C)c(Cl)c1C(=O)N1CCN(S(=O)(=O)/C=C/c2ccccc2)CC1. The summed E-state index contributed by atoms with van der Waals surface area (Å²) in [5.41, 5.74) is 1.75. The van der Waals surface area contributed by atoms with Crippen LogP contribution >= 0.6 is 11.6 Å². The van der Waals surface area contributed by atoms with Gasteiger partial charge < -0.3 is 4.90 Å². The molecule has 1 aromatic carbocycles. The Hall–Kier alpha value is -2.16. The molecule has 27 heavy (non-hydrogen) atoms. The van der Waals surface area contributed by atoms with E-state index >= 15 is 0 Å². The van der Waals surface area contributed by atoms with Gasteiger partial charge in [0.05, 0.1) is 11.3 Å². The molecule has 7 nitrogen and oxygen atoms in total. The molecule has 0 radical (unpaired) electrons. The van der Waals surface area contributed by atoms with E-state index in [4.69, 9.17) is 11.6 Å². The first-order valence-corrected chi connectivity index (χ1v) is 10.4. The first-order chi connectivity index (χ1) is 12.8. The average molecular weight is 409 g/mol. The summed E-state index contributed by atoms with van der Waals surface area (Å²) in [5, 5.41) is 5.66. The van der Waals surface area contributed by atoms with Crippen molar-refractivity contribution in [2.45, 2.75) is 6.92 Å². The van der Waals surface area contributed by atoms with Crippen LogP contribution in [-0.4, -0.2) is 59.5 Å². The van der Waals surface area contributed by atoms with Crippen LogP contribution in [0.15, 0.2) is 35.7 Å². The summed E-state index contributed by atoms with van der Waals surface area (Å²) < 4.78 is 27.9. The van der Waals surface area contributed by atoms with Crippen LogP contribution in [0.4, 0.5) is 0 Å². The average Bonchev–Trinajstić information content (AvgIpc) is 2.92. The fourth-order valence-corrected chi connectivity index (χ4v) is 4.42. The van der Waals surface area contributed by atoms with Crippen LogP contribution in [0, 0.1) is 6.92 Å². The summed E-state index contributed by atoms with van der Waals surface area (Å²) in [7, 11) is -1.86. The number of sulfonamides is 1. The van der Waals surface area contributed by atoms with E-state index in [0.29, 0.717) is 29.5 Å². The van der Waals surface area contributed by atoms with Crippen LogP contribution in [0.25, 0.3) is 6.08 Å². The standard InChI is InChI=1S/C18H21ClN4O3S/c1-14-16(17(19)21(2)20-14)18(24)22-9-11-23(12-10-22)27(25,26)13-8-15-6-4-3-5-7-15/h3-8,13H,9-12H2,1-2H3/b13-8+. The van der Waals surface area contributed by atoms with E-state index in [9.17, 15) is 13.2 Å². The minimum atomic E-state index is -3.54. The van der Waals surface area contributed by atoms with Crippen LogP contribution in [0.2, 0.25) is 5.15 Å². The molecule has 9 heteroatoms.